The van der Waals surface area contributed by atoms with Crippen molar-refractivity contribution in [2.75, 3.05) is 13.1 Å². The Hall–Kier alpha value is -2.20. The van der Waals surface area contributed by atoms with E-state index in [9.17, 15) is 10.1 Å². The fourth-order valence-corrected chi connectivity index (χ4v) is 3.19. The van der Waals surface area contributed by atoms with Gasteiger partial charge < -0.3 is 0 Å². The molecule has 0 saturated carbocycles. The molecule has 0 fully saturated rings. The van der Waals surface area contributed by atoms with Crippen LogP contribution in [-0.4, -0.2) is 22.9 Å². The maximum Gasteiger partial charge on any atom is 0.269 e. The Bertz CT molecular complexity index is 667. The smallest absolute Gasteiger partial charge is 0.269 e. The van der Waals surface area contributed by atoms with Crippen LogP contribution in [0.1, 0.15) is 29.7 Å². The summed E-state index contributed by atoms with van der Waals surface area (Å²) in [5.74, 6) is 0. The minimum atomic E-state index is -0.354. The third-order valence-electron chi connectivity index (χ3n) is 4.56. The molecule has 0 aliphatic carbocycles. The van der Waals surface area contributed by atoms with Gasteiger partial charge in [-0.1, -0.05) is 36.4 Å². The Morgan fingerprint density at radius 1 is 1.18 bits per heavy atom. The molecule has 4 heteroatoms. The Labute approximate surface area is 130 Å². The Balaban J connectivity index is 1.64. The van der Waals surface area contributed by atoms with Gasteiger partial charge in [-0.25, -0.2) is 0 Å². The van der Waals surface area contributed by atoms with Crippen LogP contribution in [0.25, 0.3) is 0 Å². The van der Waals surface area contributed by atoms with Crippen molar-refractivity contribution in [1.29, 1.82) is 0 Å². The number of nitrogens with zero attached hydrogens (tertiary/aromatic N) is 2. The molecular formula is C18H20N2O2. The lowest BCUT2D eigenvalue weighted by Crippen LogP contribution is -2.35. The summed E-state index contributed by atoms with van der Waals surface area (Å²) in [5.41, 5.74) is 4.19. The molecule has 22 heavy (non-hydrogen) atoms. The van der Waals surface area contributed by atoms with E-state index in [4.69, 9.17) is 0 Å². The van der Waals surface area contributed by atoms with E-state index in [2.05, 4.69) is 36.1 Å². The topological polar surface area (TPSA) is 46.4 Å². The van der Waals surface area contributed by atoms with Gasteiger partial charge in [0.1, 0.15) is 0 Å². The van der Waals surface area contributed by atoms with Gasteiger partial charge in [0.15, 0.2) is 0 Å². The minimum Gasteiger partial charge on any atom is -0.296 e. The number of nitro groups is 1. The van der Waals surface area contributed by atoms with Crippen molar-refractivity contribution in [3.63, 3.8) is 0 Å². The van der Waals surface area contributed by atoms with Crippen LogP contribution in [0.2, 0.25) is 0 Å². The average molecular weight is 296 g/mol. The second-order valence-electron chi connectivity index (χ2n) is 5.83. The fraction of sp³-hybridized carbons (Fsp3) is 0.333. The minimum absolute atomic E-state index is 0.156. The largest absolute Gasteiger partial charge is 0.296 e. The fourth-order valence-electron chi connectivity index (χ4n) is 3.19. The number of non-ortho nitro benzene ring substituents is 1. The molecule has 2 aromatic rings. The number of benzene rings is 2. The molecule has 0 radical (unpaired) electrons. The van der Waals surface area contributed by atoms with E-state index in [1.807, 2.05) is 12.1 Å². The van der Waals surface area contributed by atoms with E-state index in [1.54, 1.807) is 12.1 Å². The molecule has 2 aromatic carbocycles. The van der Waals surface area contributed by atoms with Gasteiger partial charge in [0, 0.05) is 31.3 Å². The summed E-state index contributed by atoms with van der Waals surface area (Å²) in [6.07, 6.45) is 2.02. The van der Waals surface area contributed by atoms with Crippen LogP contribution in [0, 0.1) is 10.1 Å². The highest BCUT2D eigenvalue weighted by molar-refractivity contribution is 5.34. The van der Waals surface area contributed by atoms with E-state index < -0.39 is 0 Å². The van der Waals surface area contributed by atoms with Gasteiger partial charge >= 0.3 is 0 Å². The SMILES string of the molecule is CC1c2ccccc2CCN1CCc1ccc([N+](=O)[O-])cc1. The zero-order chi connectivity index (χ0) is 15.5. The van der Waals surface area contributed by atoms with Crippen molar-refractivity contribution < 1.29 is 4.92 Å². The van der Waals surface area contributed by atoms with Gasteiger partial charge in [-0.05, 0) is 36.5 Å². The summed E-state index contributed by atoms with van der Waals surface area (Å²) in [6, 6.07) is 16.0. The first-order valence-corrected chi connectivity index (χ1v) is 7.70. The number of rotatable bonds is 4. The van der Waals surface area contributed by atoms with E-state index >= 15 is 0 Å². The van der Waals surface area contributed by atoms with Crippen LogP contribution >= 0.6 is 0 Å². The highest BCUT2D eigenvalue weighted by Crippen LogP contribution is 2.29. The second kappa shape index (κ2) is 6.28. The third-order valence-corrected chi connectivity index (χ3v) is 4.56. The molecule has 0 N–H and O–H groups in total. The van der Waals surface area contributed by atoms with Crippen molar-refractivity contribution >= 4 is 5.69 Å². The molecule has 1 aliphatic heterocycles. The zero-order valence-electron chi connectivity index (χ0n) is 12.7. The average Bonchev–Trinajstić information content (AvgIpc) is 2.55. The number of hydrogen-bond donors (Lipinski definition) is 0. The van der Waals surface area contributed by atoms with Crippen LogP contribution < -0.4 is 0 Å². The standard InChI is InChI=1S/C18H20N2O2/c1-14-18-5-3-2-4-16(18)11-13-19(14)12-10-15-6-8-17(9-7-15)20(21)22/h2-9,14H,10-13H2,1H3. The van der Waals surface area contributed by atoms with E-state index in [0.29, 0.717) is 6.04 Å². The van der Waals surface area contributed by atoms with E-state index in [0.717, 1.165) is 31.5 Å². The normalized spacial score (nSPS) is 18.0. The molecule has 0 saturated heterocycles. The monoisotopic (exact) mass is 296 g/mol. The van der Waals surface area contributed by atoms with Gasteiger partial charge in [0.2, 0.25) is 0 Å². The van der Waals surface area contributed by atoms with E-state index in [-0.39, 0.29) is 10.6 Å². The van der Waals surface area contributed by atoms with Crippen molar-refractivity contribution in [2.24, 2.45) is 0 Å². The summed E-state index contributed by atoms with van der Waals surface area (Å²) >= 11 is 0. The molecule has 0 aromatic heterocycles. The van der Waals surface area contributed by atoms with Crippen LogP contribution in [0.15, 0.2) is 48.5 Å². The molecule has 0 bridgehead atoms. The zero-order valence-corrected chi connectivity index (χ0v) is 12.7. The predicted molar refractivity (Wildman–Crippen MR) is 86.9 cm³/mol. The van der Waals surface area contributed by atoms with Crippen molar-refractivity contribution in [1.82, 2.24) is 4.90 Å². The van der Waals surface area contributed by atoms with E-state index in [1.165, 1.54) is 11.1 Å². The maximum absolute atomic E-state index is 10.7. The molecular weight excluding hydrogens is 276 g/mol. The summed E-state index contributed by atoms with van der Waals surface area (Å²) in [7, 11) is 0. The molecule has 1 heterocycles. The highest BCUT2D eigenvalue weighted by atomic mass is 16.6. The van der Waals surface area contributed by atoms with Crippen LogP contribution in [0.4, 0.5) is 5.69 Å². The van der Waals surface area contributed by atoms with Gasteiger partial charge in [-0.3, -0.25) is 15.0 Å². The molecule has 4 nitrogen and oxygen atoms in total. The van der Waals surface area contributed by atoms with Crippen LogP contribution in [-0.2, 0) is 12.8 Å². The molecule has 1 unspecified atom stereocenters. The van der Waals surface area contributed by atoms with Gasteiger partial charge in [0.25, 0.3) is 5.69 Å². The Morgan fingerprint density at radius 2 is 1.91 bits per heavy atom. The lowest BCUT2D eigenvalue weighted by Gasteiger charge is -2.35. The number of nitro benzene ring substituents is 1. The quantitative estimate of drug-likeness (QED) is 0.637. The molecule has 1 atom stereocenters. The third kappa shape index (κ3) is 3.02. The lowest BCUT2D eigenvalue weighted by molar-refractivity contribution is -0.384. The molecule has 0 spiro atoms. The second-order valence-corrected chi connectivity index (χ2v) is 5.83. The predicted octanol–water partition coefficient (Wildman–Crippen LogP) is 3.76. The summed E-state index contributed by atoms with van der Waals surface area (Å²) in [5, 5.41) is 10.7. The molecule has 3 rings (SSSR count). The van der Waals surface area contributed by atoms with Gasteiger partial charge in [-0.15, -0.1) is 0 Å². The highest BCUT2D eigenvalue weighted by Gasteiger charge is 2.22. The molecule has 1 aliphatic rings. The Morgan fingerprint density at radius 3 is 2.64 bits per heavy atom. The maximum atomic E-state index is 10.7. The van der Waals surface area contributed by atoms with Crippen molar-refractivity contribution in [2.45, 2.75) is 25.8 Å². The van der Waals surface area contributed by atoms with Gasteiger partial charge in [0.05, 0.1) is 4.92 Å². The molecule has 0 amide bonds. The van der Waals surface area contributed by atoms with Crippen molar-refractivity contribution in [3.8, 4) is 0 Å². The first kappa shape index (κ1) is 14.7. The summed E-state index contributed by atoms with van der Waals surface area (Å²) in [6.45, 7) is 4.31. The Kier molecular flexibility index (Phi) is 4.20. The van der Waals surface area contributed by atoms with Crippen LogP contribution in [0.5, 0.6) is 0 Å². The number of fused-ring (bicyclic) bond motifs is 1. The van der Waals surface area contributed by atoms with Crippen molar-refractivity contribution in [3.05, 3.63) is 75.3 Å². The first-order valence-electron chi connectivity index (χ1n) is 7.70. The summed E-state index contributed by atoms with van der Waals surface area (Å²) < 4.78 is 0. The molecule has 114 valence electrons. The van der Waals surface area contributed by atoms with Gasteiger partial charge in [-0.2, -0.15) is 0 Å². The number of hydrogen-bond acceptors (Lipinski definition) is 3. The summed E-state index contributed by atoms with van der Waals surface area (Å²) in [4.78, 5) is 12.8. The van der Waals surface area contributed by atoms with Crippen LogP contribution in [0.3, 0.4) is 0 Å². The lowest BCUT2D eigenvalue weighted by atomic mass is 9.93. The first-order chi connectivity index (χ1) is 10.6.